The van der Waals surface area contributed by atoms with Crippen LogP contribution in [0.4, 0.5) is 0 Å². The van der Waals surface area contributed by atoms with Gasteiger partial charge in [0.2, 0.25) is 0 Å². The summed E-state index contributed by atoms with van der Waals surface area (Å²) in [6.07, 6.45) is 12.9. The molecule has 5 heterocycles. The van der Waals surface area contributed by atoms with Gasteiger partial charge in [0.1, 0.15) is 12.5 Å². The molecule has 2 unspecified atom stereocenters. The van der Waals surface area contributed by atoms with Gasteiger partial charge in [-0.2, -0.15) is 0 Å². The lowest BCUT2D eigenvalue weighted by atomic mass is 9.94. The van der Waals surface area contributed by atoms with E-state index in [1.165, 1.54) is 0 Å². The predicted molar refractivity (Wildman–Crippen MR) is 182 cm³/mol. The summed E-state index contributed by atoms with van der Waals surface area (Å²) >= 11 is 0. The van der Waals surface area contributed by atoms with Crippen LogP contribution in [0.15, 0.2) is 25.3 Å². The van der Waals surface area contributed by atoms with Gasteiger partial charge in [-0.25, -0.2) is 0 Å². The highest BCUT2D eigenvalue weighted by Gasteiger charge is 2.43. The first-order valence-corrected chi connectivity index (χ1v) is 15.8. The first-order valence-electron chi connectivity index (χ1n) is 15.8. The van der Waals surface area contributed by atoms with Crippen molar-refractivity contribution in [2.75, 3.05) is 0 Å². The number of imide groups is 1. The Balaban J connectivity index is 0.000000713. The van der Waals surface area contributed by atoms with Crippen LogP contribution >= 0.6 is 0 Å². The zero-order valence-corrected chi connectivity index (χ0v) is 27.6. The van der Waals surface area contributed by atoms with Gasteiger partial charge < -0.3 is 13.9 Å². The fraction of sp³-hybridized carbons (Fsp3) is 0.444. The van der Waals surface area contributed by atoms with E-state index < -0.39 is 0 Å². The molecule has 2 amide bonds. The smallest absolute Gasteiger partial charge is 0.259 e. The SMILES string of the molecule is C=Cc1c(/C=C\C)c2c3c(c4c(/C=C\C)c(C=C)n5c4c2n1C1CC(C)CC5O1)C(=O)NC3=O.CC.CC.CC.CC. The Bertz CT molecular complexity index is 1420. The van der Waals surface area contributed by atoms with E-state index in [-0.39, 0.29) is 24.3 Å². The van der Waals surface area contributed by atoms with Crippen LogP contribution in [0.3, 0.4) is 0 Å². The maximum atomic E-state index is 13.2. The summed E-state index contributed by atoms with van der Waals surface area (Å²) in [6.45, 7) is 30.4. The standard InChI is InChI=1S/C28H27N3O3.4C2H6/c1-6-10-15-17(8-3)30-19-12-14(5)13-20(34-19)31-18(9-4)16(11-7-2)22-24-23(27(32)29-28(24)33)21(15)25(30)26(22)31;4*1-2/h6-11,14,19-20H,3-4,12-13H2,1-2,5H3,(H,29,32,33);4*1-2H3/b10-6-,11-7-;;;;. The highest BCUT2D eigenvalue weighted by atomic mass is 16.5. The lowest BCUT2D eigenvalue weighted by molar-refractivity contribution is -0.134. The van der Waals surface area contributed by atoms with Crippen molar-refractivity contribution in [2.24, 2.45) is 5.92 Å². The van der Waals surface area contributed by atoms with Crippen molar-refractivity contribution in [1.29, 1.82) is 0 Å². The van der Waals surface area contributed by atoms with Crippen molar-refractivity contribution in [1.82, 2.24) is 14.5 Å². The Morgan fingerprint density at radius 2 is 1.07 bits per heavy atom. The minimum atomic E-state index is -0.360. The molecule has 0 saturated carbocycles. The Morgan fingerprint density at radius 3 is 1.38 bits per heavy atom. The van der Waals surface area contributed by atoms with E-state index in [9.17, 15) is 9.59 Å². The number of hydrogen-bond donors (Lipinski definition) is 1. The Labute approximate surface area is 252 Å². The summed E-state index contributed by atoms with van der Waals surface area (Å²) in [4.78, 5) is 26.5. The van der Waals surface area contributed by atoms with E-state index >= 15 is 0 Å². The lowest BCUT2D eigenvalue weighted by Crippen LogP contribution is -2.27. The van der Waals surface area contributed by atoms with Crippen LogP contribution in [0.25, 0.3) is 46.1 Å². The fourth-order valence-electron chi connectivity index (χ4n) is 6.25. The zero-order valence-electron chi connectivity index (χ0n) is 27.6. The van der Waals surface area contributed by atoms with Crippen molar-refractivity contribution in [3.63, 3.8) is 0 Å². The summed E-state index contributed by atoms with van der Waals surface area (Å²) < 4.78 is 11.1. The molecule has 3 aliphatic rings. The highest BCUT2D eigenvalue weighted by molar-refractivity contribution is 6.35. The van der Waals surface area contributed by atoms with Crippen molar-refractivity contribution in [3.05, 3.63) is 59.0 Å². The number of benzene rings is 1. The highest BCUT2D eigenvalue weighted by Crippen LogP contribution is 2.52. The van der Waals surface area contributed by atoms with Crippen LogP contribution in [0.5, 0.6) is 0 Å². The van der Waals surface area contributed by atoms with Crippen molar-refractivity contribution in [2.45, 2.75) is 101 Å². The third-order valence-corrected chi connectivity index (χ3v) is 7.37. The van der Waals surface area contributed by atoms with E-state index in [1.807, 2.05) is 106 Å². The van der Waals surface area contributed by atoms with Crippen LogP contribution in [0.2, 0.25) is 0 Å². The lowest BCUT2D eigenvalue weighted by Gasteiger charge is -2.35. The zero-order chi connectivity index (χ0) is 31.9. The molecule has 2 aromatic heterocycles. The number of hydrogen-bond acceptors (Lipinski definition) is 3. The van der Waals surface area contributed by atoms with Crippen LogP contribution in [-0.4, -0.2) is 20.9 Å². The molecule has 2 atom stereocenters. The second kappa shape index (κ2) is 15.0. The summed E-state index contributed by atoms with van der Waals surface area (Å²) in [5.74, 6) is -0.294. The third kappa shape index (κ3) is 5.11. The molecule has 1 aromatic carbocycles. The first-order chi connectivity index (χ1) is 20.5. The van der Waals surface area contributed by atoms with Crippen LogP contribution in [0.1, 0.15) is 145 Å². The number of ether oxygens (including phenoxy) is 1. The Morgan fingerprint density at radius 1 is 0.714 bits per heavy atom. The Kier molecular flexibility index (Phi) is 12.4. The molecule has 228 valence electrons. The molecule has 1 N–H and O–H groups in total. The van der Waals surface area contributed by atoms with E-state index in [0.29, 0.717) is 17.0 Å². The average molecular weight is 574 g/mol. The van der Waals surface area contributed by atoms with Gasteiger partial charge in [-0.3, -0.25) is 14.9 Å². The number of fused-ring (bicyclic) bond motifs is 7. The second-order valence-electron chi connectivity index (χ2n) is 9.35. The van der Waals surface area contributed by atoms with Crippen molar-refractivity contribution < 1.29 is 14.3 Å². The number of carbonyl (C=O) groups excluding carboxylic acids is 2. The number of aromatic nitrogens is 2. The maximum absolute atomic E-state index is 13.2. The molecule has 6 nitrogen and oxygen atoms in total. The van der Waals surface area contributed by atoms with E-state index in [1.54, 1.807) is 0 Å². The number of nitrogens with zero attached hydrogens (tertiary/aromatic N) is 2. The average Bonchev–Trinajstić information content (AvgIpc) is 3.61. The molecule has 6 rings (SSSR count). The van der Waals surface area contributed by atoms with E-state index in [2.05, 4.69) is 34.5 Å². The van der Waals surface area contributed by atoms with Gasteiger partial charge in [-0.15, -0.1) is 0 Å². The molecule has 6 heteroatoms. The summed E-state index contributed by atoms with van der Waals surface area (Å²) in [5, 5.41) is 4.13. The molecular formula is C36H51N3O3. The summed E-state index contributed by atoms with van der Waals surface area (Å²) in [7, 11) is 0. The molecule has 0 spiro atoms. The molecule has 1 fully saturated rings. The number of carbonyl (C=O) groups is 2. The normalized spacial score (nSPS) is 19.5. The molecule has 2 bridgehead atoms. The van der Waals surface area contributed by atoms with Crippen LogP contribution in [-0.2, 0) is 4.74 Å². The van der Waals surface area contributed by atoms with Crippen LogP contribution < -0.4 is 5.32 Å². The molecule has 42 heavy (non-hydrogen) atoms. The molecule has 3 aromatic rings. The minimum absolute atomic E-state index is 0.201. The molecular weight excluding hydrogens is 522 g/mol. The van der Waals surface area contributed by atoms with E-state index in [0.717, 1.165) is 57.2 Å². The van der Waals surface area contributed by atoms with Gasteiger partial charge in [0.15, 0.2) is 0 Å². The number of rotatable bonds is 4. The van der Waals surface area contributed by atoms with Crippen molar-refractivity contribution >= 4 is 57.9 Å². The summed E-state index contributed by atoms with van der Waals surface area (Å²) in [6, 6.07) is 0. The molecule has 0 aliphatic carbocycles. The Hall–Kier alpha value is -3.64. The number of amides is 2. The van der Waals surface area contributed by atoms with Gasteiger partial charge in [0.05, 0.1) is 33.5 Å². The van der Waals surface area contributed by atoms with Gasteiger partial charge in [-0.05, 0) is 44.8 Å². The monoisotopic (exact) mass is 573 g/mol. The number of allylic oxidation sites excluding steroid dienone is 2. The van der Waals surface area contributed by atoms with Crippen molar-refractivity contribution in [3.8, 4) is 0 Å². The fourth-order valence-corrected chi connectivity index (χ4v) is 6.25. The molecule has 1 saturated heterocycles. The van der Waals surface area contributed by atoms with Gasteiger partial charge in [0, 0.05) is 21.9 Å². The molecule has 3 aliphatic heterocycles. The van der Waals surface area contributed by atoms with Crippen LogP contribution in [0, 0.1) is 5.92 Å². The second-order valence-corrected chi connectivity index (χ2v) is 9.35. The topological polar surface area (TPSA) is 65.3 Å². The third-order valence-electron chi connectivity index (χ3n) is 7.37. The largest absolute Gasteiger partial charge is 0.335 e. The quantitative estimate of drug-likeness (QED) is 0.316. The van der Waals surface area contributed by atoms with Gasteiger partial charge >= 0.3 is 0 Å². The van der Waals surface area contributed by atoms with Gasteiger partial charge in [0.25, 0.3) is 11.8 Å². The number of nitrogens with one attached hydrogen (secondary N) is 1. The maximum Gasteiger partial charge on any atom is 0.259 e. The minimum Gasteiger partial charge on any atom is -0.335 e. The van der Waals surface area contributed by atoms with E-state index in [4.69, 9.17) is 4.74 Å². The van der Waals surface area contributed by atoms with Gasteiger partial charge in [-0.1, -0.05) is 99.8 Å². The molecule has 0 radical (unpaired) electrons. The first kappa shape index (κ1) is 34.6. The predicted octanol–water partition coefficient (Wildman–Crippen LogP) is 10.4. The summed E-state index contributed by atoms with van der Waals surface area (Å²) in [5.41, 5.74) is 6.28.